The number of benzene rings is 1. The molecular formula is C27H41N3O. The minimum Gasteiger partial charge on any atom is -0.342 e. The first-order valence-electron chi connectivity index (χ1n) is 12.8. The molecule has 1 amide bonds. The van der Waals surface area contributed by atoms with Gasteiger partial charge in [-0.15, -0.1) is 0 Å². The molecule has 3 aliphatic rings. The van der Waals surface area contributed by atoms with Gasteiger partial charge < -0.3 is 5.32 Å². The van der Waals surface area contributed by atoms with E-state index in [1.54, 1.807) is 4.90 Å². The lowest BCUT2D eigenvalue weighted by Gasteiger charge is -2.34. The van der Waals surface area contributed by atoms with Crippen LogP contribution in [0.2, 0.25) is 0 Å². The maximum Gasteiger partial charge on any atom is 0.255 e. The molecule has 3 fully saturated rings. The van der Waals surface area contributed by atoms with Crippen molar-refractivity contribution in [2.45, 2.75) is 102 Å². The Kier molecular flexibility index (Phi) is 7.35. The summed E-state index contributed by atoms with van der Waals surface area (Å²) >= 11 is 0. The summed E-state index contributed by atoms with van der Waals surface area (Å²) in [7, 11) is 0. The molecule has 0 aromatic heterocycles. The van der Waals surface area contributed by atoms with Gasteiger partial charge in [0.15, 0.2) is 5.96 Å². The van der Waals surface area contributed by atoms with Crippen LogP contribution in [0.1, 0.15) is 102 Å². The van der Waals surface area contributed by atoms with Gasteiger partial charge in [-0.1, -0.05) is 101 Å². The van der Waals surface area contributed by atoms with Crippen molar-refractivity contribution in [1.82, 2.24) is 10.2 Å². The van der Waals surface area contributed by atoms with E-state index in [4.69, 9.17) is 5.41 Å². The smallest absolute Gasteiger partial charge is 0.255 e. The van der Waals surface area contributed by atoms with Crippen molar-refractivity contribution in [2.24, 2.45) is 11.8 Å². The van der Waals surface area contributed by atoms with E-state index in [1.807, 2.05) is 6.07 Å². The maximum absolute atomic E-state index is 13.9. The Morgan fingerprint density at radius 3 is 2.26 bits per heavy atom. The summed E-state index contributed by atoms with van der Waals surface area (Å²) in [5.41, 5.74) is 0.683. The predicted octanol–water partition coefficient (Wildman–Crippen LogP) is 6.23. The molecule has 170 valence electrons. The number of guanidine groups is 1. The lowest BCUT2D eigenvalue weighted by molar-refractivity contribution is -0.132. The molecule has 4 rings (SSSR count). The van der Waals surface area contributed by atoms with E-state index in [0.717, 1.165) is 25.2 Å². The van der Waals surface area contributed by atoms with Gasteiger partial charge in [0.25, 0.3) is 5.91 Å². The standard InChI is InChI=1S/C27H41N3O/c1-21(24-15-9-4-10-16-24)20-30-25(31)27(29-26(30)28,19-23-13-7-3-8-14-23)18-17-22-11-5-2-6-12-22/h4,9-10,15-16,21-23H,2-3,5-8,11-14,17-20H2,1H3,(H2,28,29)/t21?,27-/m1/s1. The second-order valence-electron chi connectivity index (χ2n) is 10.5. The third kappa shape index (κ3) is 5.32. The van der Waals surface area contributed by atoms with Crippen molar-refractivity contribution in [3.8, 4) is 0 Å². The monoisotopic (exact) mass is 423 g/mol. The average molecular weight is 424 g/mol. The van der Waals surface area contributed by atoms with Crippen LogP contribution in [0.3, 0.4) is 0 Å². The number of amides is 1. The SMILES string of the molecule is CC(CN1C(=N)N[C@](CCC2CCCCC2)(CC2CCCCC2)C1=O)c1ccccc1. The third-order valence-electron chi connectivity index (χ3n) is 8.17. The highest BCUT2D eigenvalue weighted by molar-refractivity contribution is 6.08. The number of hydrogen-bond acceptors (Lipinski definition) is 2. The Hall–Kier alpha value is -1.84. The number of carbonyl (C=O) groups is 1. The molecule has 4 nitrogen and oxygen atoms in total. The topological polar surface area (TPSA) is 56.2 Å². The molecule has 2 N–H and O–H groups in total. The van der Waals surface area contributed by atoms with E-state index in [1.165, 1.54) is 69.8 Å². The van der Waals surface area contributed by atoms with Gasteiger partial charge in [0.05, 0.1) is 0 Å². The quantitative estimate of drug-likeness (QED) is 0.521. The molecule has 1 unspecified atom stereocenters. The number of carbonyl (C=O) groups excluding carboxylic acids is 1. The van der Waals surface area contributed by atoms with Crippen LogP contribution < -0.4 is 5.32 Å². The third-order valence-corrected chi connectivity index (χ3v) is 8.17. The van der Waals surface area contributed by atoms with Gasteiger partial charge >= 0.3 is 0 Å². The van der Waals surface area contributed by atoms with E-state index >= 15 is 0 Å². The number of rotatable bonds is 8. The fraction of sp³-hybridized carbons (Fsp3) is 0.704. The minimum absolute atomic E-state index is 0.168. The van der Waals surface area contributed by atoms with Crippen LogP contribution in [0.15, 0.2) is 30.3 Å². The van der Waals surface area contributed by atoms with Crippen molar-refractivity contribution in [1.29, 1.82) is 5.41 Å². The van der Waals surface area contributed by atoms with Crippen molar-refractivity contribution >= 4 is 11.9 Å². The highest BCUT2D eigenvalue weighted by atomic mass is 16.2. The van der Waals surface area contributed by atoms with Gasteiger partial charge in [-0.05, 0) is 42.6 Å². The van der Waals surface area contributed by atoms with Gasteiger partial charge in [0.1, 0.15) is 5.54 Å². The lowest BCUT2D eigenvalue weighted by atomic mass is 9.75. The molecule has 4 heteroatoms. The molecule has 1 saturated heterocycles. The van der Waals surface area contributed by atoms with E-state index in [0.29, 0.717) is 18.4 Å². The van der Waals surface area contributed by atoms with E-state index in [9.17, 15) is 4.79 Å². The molecule has 0 bridgehead atoms. The number of nitrogens with one attached hydrogen (secondary N) is 2. The van der Waals surface area contributed by atoms with Gasteiger partial charge in [-0.3, -0.25) is 15.1 Å². The summed E-state index contributed by atoms with van der Waals surface area (Å²) < 4.78 is 0. The second-order valence-corrected chi connectivity index (χ2v) is 10.5. The van der Waals surface area contributed by atoms with E-state index in [2.05, 4.69) is 36.5 Å². The molecule has 0 spiro atoms. The molecular weight excluding hydrogens is 382 g/mol. The van der Waals surface area contributed by atoms with Gasteiger partial charge in [-0.2, -0.15) is 0 Å². The van der Waals surface area contributed by atoms with Crippen molar-refractivity contribution < 1.29 is 4.79 Å². The summed E-state index contributed by atoms with van der Waals surface area (Å²) in [6.07, 6.45) is 16.1. The Morgan fingerprint density at radius 1 is 1.00 bits per heavy atom. The van der Waals surface area contributed by atoms with Crippen LogP contribution in [0.4, 0.5) is 0 Å². The minimum atomic E-state index is -0.549. The Balaban J connectivity index is 1.48. The summed E-state index contributed by atoms with van der Waals surface area (Å²) in [5.74, 6) is 2.10. The molecule has 2 aliphatic carbocycles. The first-order valence-corrected chi connectivity index (χ1v) is 12.8. The van der Waals surface area contributed by atoms with Crippen LogP contribution in [0.25, 0.3) is 0 Å². The first kappa shape index (κ1) is 22.4. The van der Waals surface area contributed by atoms with Crippen LogP contribution in [0.5, 0.6) is 0 Å². The Morgan fingerprint density at radius 2 is 1.61 bits per heavy atom. The summed E-state index contributed by atoms with van der Waals surface area (Å²) in [4.78, 5) is 15.6. The lowest BCUT2D eigenvalue weighted by Crippen LogP contribution is -2.49. The van der Waals surface area contributed by atoms with E-state index in [-0.39, 0.29) is 11.8 Å². The zero-order chi connectivity index (χ0) is 21.7. The Labute approximate surface area is 188 Å². The van der Waals surface area contributed by atoms with Gasteiger partial charge in [-0.25, -0.2) is 0 Å². The zero-order valence-electron chi connectivity index (χ0n) is 19.4. The predicted molar refractivity (Wildman–Crippen MR) is 127 cm³/mol. The van der Waals surface area contributed by atoms with Gasteiger partial charge in [0, 0.05) is 6.54 Å². The van der Waals surface area contributed by atoms with Crippen LogP contribution in [0, 0.1) is 17.2 Å². The second kappa shape index (κ2) is 10.2. The fourth-order valence-electron chi connectivity index (χ4n) is 6.26. The van der Waals surface area contributed by atoms with Crippen molar-refractivity contribution in [3.63, 3.8) is 0 Å². The summed E-state index contributed by atoms with van der Waals surface area (Å²) in [6.45, 7) is 2.75. The normalized spacial score (nSPS) is 26.8. The van der Waals surface area contributed by atoms with Crippen LogP contribution >= 0.6 is 0 Å². The molecule has 1 aromatic carbocycles. The molecule has 2 saturated carbocycles. The first-order chi connectivity index (χ1) is 15.1. The van der Waals surface area contributed by atoms with Gasteiger partial charge in [0.2, 0.25) is 0 Å². The molecule has 0 radical (unpaired) electrons. The molecule has 1 aliphatic heterocycles. The average Bonchev–Trinajstić information content (AvgIpc) is 3.04. The largest absolute Gasteiger partial charge is 0.342 e. The number of hydrogen-bond donors (Lipinski definition) is 2. The maximum atomic E-state index is 13.9. The molecule has 2 atom stereocenters. The highest BCUT2D eigenvalue weighted by Gasteiger charge is 2.50. The fourth-order valence-corrected chi connectivity index (χ4v) is 6.26. The molecule has 1 aromatic rings. The van der Waals surface area contributed by atoms with E-state index < -0.39 is 5.54 Å². The van der Waals surface area contributed by atoms with Crippen molar-refractivity contribution in [3.05, 3.63) is 35.9 Å². The summed E-state index contributed by atoms with van der Waals surface area (Å²) in [6, 6.07) is 10.4. The molecule has 31 heavy (non-hydrogen) atoms. The summed E-state index contributed by atoms with van der Waals surface area (Å²) in [5, 5.41) is 12.2. The van der Waals surface area contributed by atoms with Crippen molar-refractivity contribution in [2.75, 3.05) is 6.54 Å². The number of nitrogens with zero attached hydrogens (tertiary/aromatic N) is 1. The van der Waals surface area contributed by atoms with Crippen LogP contribution in [-0.2, 0) is 4.79 Å². The zero-order valence-corrected chi connectivity index (χ0v) is 19.4. The molecule has 1 heterocycles. The Bertz CT molecular complexity index is 736. The highest BCUT2D eigenvalue weighted by Crippen LogP contribution is 2.39. The van der Waals surface area contributed by atoms with Crippen LogP contribution in [-0.4, -0.2) is 28.9 Å².